The lowest BCUT2D eigenvalue weighted by atomic mass is 9.93. The first-order valence-electron chi connectivity index (χ1n) is 13.3. The molecule has 11 heteroatoms. The number of likely N-dealkylation sites (N-methyl/N-ethyl adjacent to an activating group) is 1. The van der Waals surface area contributed by atoms with Crippen molar-refractivity contribution in [2.24, 2.45) is 5.73 Å². The Morgan fingerprint density at radius 1 is 1.05 bits per heavy atom. The Balaban J connectivity index is 1.60. The average molecular weight is 577 g/mol. The fourth-order valence-electron chi connectivity index (χ4n) is 4.70. The van der Waals surface area contributed by atoms with Crippen LogP contribution in [0.2, 0.25) is 0 Å². The first-order valence-corrected chi connectivity index (χ1v) is 14.1. The van der Waals surface area contributed by atoms with E-state index in [4.69, 9.17) is 5.73 Å². The highest BCUT2D eigenvalue weighted by molar-refractivity contribution is 7.16. The molecule has 0 radical (unpaired) electrons. The van der Waals surface area contributed by atoms with E-state index in [0.717, 1.165) is 21.6 Å². The van der Waals surface area contributed by atoms with E-state index < -0.39 is 17.5 Å². The number of carbonyl (C=O) groups is 4. The maximum absolute atomic E-state index is 13.8. The number of anilines is 2. The summed E-state index contributed by atoms with van der Waals surface area (Å²) in [5, 5.41) is 6.15. The predicted molar refractivity (Wildman–Crippen MR) is 161 cm³/mol. The van der Waals surface area contributed by atoms with Crippen LogP contribution in [0.3, 0.4) is 0 Å². The first kappa shape index (κ1) is 29.7. The third kappa shape index (κ3) is 6.09. The van der Waals surface area contributed by atoms with Gasteiger partial charge in [0, 0.05) is 42.5 Å². The number of hydrogen-bond acceptors (Lipinski definition) is 6. The van der Waals surface area contributed by atoms with E-state index in [-0.39, 0.29) is 22.9 Å². The van der Waals surface area contributed by atoms with Crippen LogP contribution >= 0.6 is 11.3 Å². The van der Waals surface area contributed by atoms with Gasteiger partial charge in [0.15, 0.2) is 0 Å². The van der Waals surface area contributed by atoms with Crippen molar-refractivity contribution in [1.82, 2.24) is 14.8 Å². The lowest BCUT2D eigenvalue weighted by Gasteiger charge is -2.44. The molecule has 1 aromatic carbocycles. The van der Waals surface area contributed by atoms with Crippen molar-refractivity contribution in [3.05, 3.63) is 64.3 Å². The van der Waals surface area contributed by atoms with Crippen LogP contribution in [0.25, 0.3) is 11.1 Å². The SMILES string of the molecule is Cc1ccc(NC(=O)Nc2sc(C(C)(C)C)cc2C(=O)N2CCN(C)C(=O)C2(C)C)cc1-c1ccc(C(N)=O)nc1. The molecule has 41 heavy (non-hydrogen) atoms. The Kier molecular flexibility index (Phi) is 7.95. The van der Waals surface area contributed by atoms with Crippen molar-refractivity contribution in [1.29, 1.82) is 0 Å². The van der Waals surface area contributed by atoms with Crippen LogP contribution in [0.4, 0.5) is 15.5 Å². The number of nitrogens with one attached hydrogen (secondary N) is 2. The van der Waals surface area contributed by atoms with Crippen LogP contribution in [0.1, 0.15) is 65.9 Å². The second-order valence-electron chi connectivity index (χ2n) is 11.8. The van der Waals surface area contributed by atoms with E-state index in [1.54, 1.807) is 55.1 Å². The molecular weight excluding hydrogens is 540 g/mol. The van der Waals surface area contributed by atoms with E-state index in [0.29, 0.717) is 29.3 Å². The summed E-state index contributed by atoms with van der Waals surface area (Å²) in [5.41, 5.74) is 7.63. The van der Waals surface area contributed by atoms with E-state index in [1.165, 1.54) is 11.3 Å². The van der Waals surface area contributed by atoms with Gasteiger partial charge in [-0.15, -0.1) is 11.3 Å². The number of thiophene rings is 1. The Bertz CT molecular complexity index is 1520. The number of piperazine rings is 1. The van der Waals surface area contributed by atoms with Gasteiger partial charge in [-0.1, -0.05) is 32.9 Å². The molecule has 0 atom stereocenters. The van der Waals surface area contributed by atoms with E-state index in [9.17, 15) is 19.2 Å². The molecule has 216 valence electrons. The number of amides is 5. The Morgan fingerprint density at radius 3 is 2.37 bits per heavy atom. The monoisotopic (exact) mass is 576 g/mol. The minimum absolute atomic E-state index is 0.134. The van der Waals surface area contributed by atoms with Gasteiger partial charge in [0.05, 0.1) is 5.56 Å². The van der Waals surface area contributed by atoms with Crippen molar-refractivity contribution < 1.29 is 19.2 Å². The normalized spacial score (nSPS) is 15.0. The summed E-state index contributed by atoms with van der Waals surface area (Å²) in [5.74, 6) is -1.04. The number of benzene rings is 1. The van der Waals surface area contributed by atoms with Crippen molar-refractivity contribution in [3.8, 4) is 11.1 Å². The van der Waals surface area contributed by atoms with E-state index >= 15 is 0 Å². The molecule has 0 saturated carbocycles. The van der Waals surface area contributed by atoms with Crippen molar-refractivity contribution in [3.63, 3.8) is 0 Å². The van der Waals surface area contributed by atoms with Gasteiger partial charge in [0.1, 0.15) is 16.2 Å². The first-order chi connectivity index (χ1) is 19.1. The fourth-order valence-corrected chi connectivity index (χ4v) is 5.80. The molecule has 0 unspecified atom stereocenters. The van der Waals surface area contributed by atoms with E-state index in [1.807, 2.05) is 45.9 Å². The molecule has 10 nitrogen and oxygen atoms in total. The molecule has 2 aromatic heterocycles. The summed E-state index contributed by atoms with van der Waals surface area (Å²) in [7, 11) is 1.73. The topological polar surface area (TPSA) is 138 Å². The van der Waals surface area contributed by atoms with Gasteiger partial charge in [0.2, 0.25) is 5.91 Å². The number of nitrogens with zero attached hydrogens (tertiary/aromatic N) is 3. The highest BCUT2D eigenvalue weighted by Crippen LogP contribution is 2.38. The van der Waals surface area contributed by atoms with Crippen LogP contribution in [0.15, 0.2) is 42.6 Å². The molecule has 4 N–H and O–H groups in total. The summed E-state index contributed by atoms with van der Waals surface area (Å²) < 4.78 is 0. The van der Waals surface area contributed by atoms with Gasteiger partial charge in [0.25, 0.3) is 11.8 Å². The van der Waals surface area contributed by atoms with Crippen molar-refractivity contribution in [2.45, 2.75) is 52.5 Å². The van der Waals surface area contributed by atoms with Gasteiger partial charge in [-0.2, -0.15) is 0 Å². The maximum atomic E-state index is 13.8. The zero-order valence-electron chi connectivity index (χ0n) is 24.4. The van der Waals surface area contributed by atoms with Gasteiger partial charge in [-0.3, -0.25) is 24.7 Å². The zero-order chi connectivity index (χ0) is 30.3. The van der Waals surface area contributed by atoms with Crippen molar-refractivity contribution >= 4 is 45.8 Å². The summed E-state index contributed by atoms with van der Waals surface area (Å²) in [6.07, 6.45) is 1.56. The number of aryl methyl sites for hydroxylation is 1. The summed E-state index contributed by atoms with van der Waals surface area (Å²) >= 11 is 1.34. The third-order valence-corrected chi connectivity index (χ3v) is 8.68. The molecule has 3 heterocycles. The molecule has 1 saturated heterocycles. The van der Waals surface area contributed by atoms with Gasteiger partial charge < -0.3 is 20.9 Å². The Labute approximate surface area is 243 Å². The number of urea groups is 1. The molecule has 1 fully saturated rings. The van der Waals surface area contributed by atoms with Crippen molar-refractivity contribution in [2.75, 3.05) is 30.8 Å². The molecule has 4 rings (SSSR count). The van der Waals surface area contributed by atoms with Crippen LogP contribution < -0.4 is 16.4 Å². The fraction of sp³-hybridized carbons (Fsp3) is 0.367. The number of hydrogen-bond donors (Lipinski definition) is 3. The molecule has 5 amide bonds. The smallest absolute Gasteiger partial charge is 0.324 e. The molecular formula is C30H36N6O4S. The molecule has 0 bridgehead atoms. The second-order valence-corrected chi connectivity index (χ2v) is 12.8. The number of nitrogens with two attached hydrogens (primary N) is 1. The average Bonchev–Trinajstić information content (AvgIpc) is 3.32. The Hall–Kier alpha value is -4.25. The molecule has 1 aliphatic rings. The minimum atomic E-state index is -1.02. The van der Waals surface area contributed by atoms with Crippen LogP contribution in [-0.4, -0.2) is 64.2 Å². The number of rotatable bonds is 5. The Morgan fingerprint density at radius 2 is 1.76 bits per heavy atom. The van der Waals surface area contributed by atoms with Gasteiger partial charge in [-0.25, -0.2) is 4.79 Å². The quantitative estimate of drug-likeness (QED) is 0.399. The van der Waals surface area contributed by atoms with E-state index in [2.05, 4.69) is 15.6 Å². The maximum Gasteiger partial charge on any atom is 0.324 e. The number of pyridine rings is 1. The molecule has 0 spiro atoms. The van der Waals surface area contributed by atoms with Crippen LogP contribution in [-0.2, 0) is 10.2 Å². The predicted octanol–water partition coefficient (Wildman–Crippen LogP) is 4.85. The summed E-state index contributed by atoms with van der Waals surface area (Å²) in [6, 6.07) is 10.1. The van der Waals surface area contributed by atoms with Gasteiger partial charge in [-0.05, 0) is 61.6 Å². The molecule has 1 aliphatic heterocycles. The van der Waals surface area contributed by atoms with Crippen LogP contribution in [0, 0.1) is 6.92 Å². The summed E-state index contributed by atoms with van der Waals surface area (Å²) in [4.78, 5) is 59.5. The van der Waals surface area contributed by atoms with Crippen LogP contribution in [0.5, 0.6) is 0 Å². The second kappa shape index (κ2) is 11.0. The lowest BCUT2D eigenvalue weighted by Crippen LogP contribution is -2.63. The lowest BCUT2D eigenvalue weighted by molar-refractivity contribution is -0.144. The highest BCUT2D eigenvalue weighted by atomic mass is 32.1. The number of primary amides is 1. The number of aromatic nitrogens is 1. The minimum Gasteiger partial charge on any atom is -0.364 e. The zero-order valence-corrected chi connectivity index (χ0v) is 25.2. The highest BCUT2D eigenvalue weighted by Gasteiger charge is 2.44. The standard InChI is InChI=1S/C30H36N6O4S/c1-17-8-10-19(14-20(17)18-9-11-22(24(31)37)32-16-18)33-28(40)34-25-21(15-23(41-25)29(2,3)4)26(38)36-13-12-35(7)27(39)30(36,5)6/h8-11,14-16H,12-13H2,1-7H3,(H2,31,37)(H2,33,34,40). The number of carbonyl (C=O) groups excluding carboxylic acids is 4. The van der Waals surface area contributed by atoms with Gasteiger partial charge >= 0.3 is 6.03 Å². The molecule has 0 aliphatic carbocycles. The molecule has 3 aromatic rings. The summed E-state index contributed by atoms with van der Waals surface area (Å²) in [6.45, 7) is 12.4. The largest absolute Gasteiger partial charge is 0.364 e. The third-order valence-electron chi connectivity index (χ3n) is 7.20.